The molecular formula is C9H15N3O2. The summed E-state index contributed by atoms with van der Waals surface area (Å²) in [6.07, 6.45) is 3.07. The van der Waals surface area contributed by atoms with E-state index in [4.69, 9.17) is 4.74 Å². The third-order valence-corrected chi connectivity index (χ3v) is 2.64. The van der Waals surface area contributed by atoms with Crippen LogP contribution in [0.5, 0.6) is 0 Å². The molecule has 1 aromatic heterocycles. The van der Waals surface area contributed by atoms with Gasteiger partial charge in [0.2, 0.25) is 0 Å². The molecule has 0 spiro atoms. The number of rotatable bonds is 2. The Balaban J connectivity index is 2.03. The highest BCUT2D eigenvalue weighted by Gasteiger charge is 2.25. The Bertz CT molecular complexity index is 294. The summed E-state index contributed by atoms with van der Waals surface area (Å²) in [4.78, 5) is 0. The summed E-state index contributed by atoms with van der Waals surface area (Å²) < 4.78 is 6.85. The van der Waals surface area contributed by atoms with Crippen molar-refractivity contribution in [2.75, 3.05) is 13.2 Å². The van der Waals surface area contributed by atoms with Crippen LogP contribution in [0, 0.1) is 5.92 Å². The molecule has 1 aliphatic rings. The van der Waals surface area contributed by atoms with E-state index in [1.807, 2.05) is 0 Å². The second kappa shape index (κ2) is 4.06. The maximum atomic E-state index is 9.99. The molecule has 1 unspecified atom stereocenters. The van der Waals surface area contributed by atoms with Crippen LogP contribution in [0.25, 0.3) is 0 Å². The zero-order valence-corrected chi connectivity index (χ0v) is 8.26. The van der Waals surface area contributed by atoms with Gasteiger partial charge < -0.3 is 9.84 Å². The summed E-state index contributed by atoms with van der Waals surface area (Å²) in [7, 11) is 1.80. The van der Waals surface area contributed by atoms with Crippen molar-refractivity contribution in [2.24, 2.45) is 13.0 Å². The molecule has 0 amide bonds. The van der Waals surface area contributed by atoms with Gasteiger partial charge in [0.05, 0.1) is 6.20 Å². The van der Waals surface area contributed by atoms with Crippen LogP contribution >= 0.6 is 0 Å². The Labute approximate surface area is 82.7 Å². The minimum absolute atomic E-state index is 0.264. The summed E-state index contributed by atoms with van der Waals surface area (Å²) in [6.45, 7) is 1.48. The highest BCUT2D eigenvalue weighted by molar-refractivity contribution is 4.99. The first-order valence-electron chi connectivity index (χ1n) is 4.89. The van der Waals surface area contributed by atoms with Crippen molar-refractivity contribution >= 4 is 0 Å². The Kier molecular flexibility index (Phi) is 2.79. The third-order valence-electron chi connectivity index (χ3n) is 2.64. The van der Waals surface area contributed by atoms with E-state index in [1.54, 1.807) is 17.9 Å². The van der Waals surface area contributed by atoms with Gasteiger partial charge in [-0.1, -0.05) is 5.21 Å². The highest BCUT2D eigenvalue weighted by atomic mass is 16.5. The molecule has 1 aromatic rings. The number of aromatic nitrogens is 3. The van der Waals surface area contributed by atoms with Gasteiger partial charge in [-0.15, -0.1) is 5.10 Å². The molecule has 5 heteroatoms. The van der Waals surface area contributed by atoms with Gasteiger partial charge in [-0.25, -0.2) is 0 Å². The van der Waals surface area contributed by atoms with Crippen LogP contribution in [-0.2, 0) is 11.8 Å². The summed E-state index contributed by atoms with van der Waals surface area (Å²) in [5.74, 6) is 0.264. The van der Waals surface area contributed by atoms with Crippen molar-refractivity contribution in [3.63, 3.8) is 0 Å². The minimum atomic E-state index is -0.493. The first-order chi connectivity index (χ1) is 6.77. The Morgan fingerprint density at radius 1 is 1.57 bits per heavy atom. The zero-order chi connectivity index (χ0) is 9.97. The molecule has 0 bridgehead atoms. The van der Waals surface area contributed by atoms with Crippen LogP contribution in [0.15, 0.2) is 6.20 Å². The molecule has 1 N–H and O–H groups in total. The minimum Gasteiger partial charge on any atom is -0.386 e. The smallest absolute Gasteiger partial charge is 0.111 e. The number of aryl methyl sites for hydroxylation is 1. The lowest BCUT2D eigenvalue weighted by Crippen LogP contribution is -2.22. The lowest BCUT2D eigenvalue weighted by atomic mass is 9.92. The van der Waals surface area contributed by atoms with Gasteiger partial charge in [0.1, 0.15) is 11.8 Å². The predicted molar refractivity (Wildman–Crippen MR) is 49.5 cm³/mol. The Morgan fingerprint density at radius 3 is 2.86 bits per heavy atom. The largest absolute Gasteiger partial charge is 0.386 e. The number of aliphatic hydroxyl groups is 1. The molecule has 2 heterocycles. The fraction of sp³-hybridized carbons (Fsp3) is 0.778. The van der Waals surface area contributed by atoms with E-state index in [2.05, 4.69) is 10.3 Å². The summed E-state index contributed by atoms with van der Waals surface area (Å²) in [6, 6.07) is 0. The van der Waals surface area contributed by atoms with E-state index in [0.717, 1.165) is 26.1 Å². The van der Waals surface area contributed by atoms with Crippen molar-refractivity contribution in [2.45, 2.75) is 18.9 Å². The zero-order valence-electron chi connectivity index (χ0n) is 8.26. The average molecular weight is 197 g/mol. The standard InChI is InChI=1S/C9H15N3O2/c1-12-6-8(10-11-12)9(13)7-2-4-14-5-3-7/h6-7,9,13H,2-5H2,1H3. The molecule has 1 saturated heterocycles. The van der Waals surface area contributed by atoms with Gasteiger partial charge in [0.15, 0.2) is 0 Å². The van der Waals surface area contributed by atoms with Crippen molar-refractivity contribution in [1.82, 2.24) is 15.0 Å². The van der Waals surface area contributed by atoms with Gasteiger partial charge in [-0.3, -0.25) is 4.68 Å². The third kappa shape index (κ3) is 1.93. The van der Waals surface area contributed by atoms with Gasteiger partial charge in [-0.05, 0) is 18.8 Å². The van der Waals surface area contributed by atoms with E-state index in [1.165, 1.54) is 0 Å². The molecule has 78 valence electrons. The van der Waals surface area contributed by atoms with Gasteiger partial charge >= 0.3 is 0 Å². The summed E-state index contributed by atoms with van der Waals surface area (Å²) >= 11 is 0. The number of nitrogens with zero attached hydrogens (tertiary/aromatic N) is 3. The van der Waals surface area contributed by atoms with E-state index in [-0.39, 0.29) is 5.92 Å². The fourth-order valence-corrected chi connectivity index (χ4v) is 1.77. The molecule has 14 heavy (non-hydrogen) atoms. The van der Waals surface area contributed by atoms with Crippen molar-refractivity contribution in [1.29, 1.82) is 0 Å². The molecule has 1 atom stereocenters. The molecule has 1 fully saturated rings. The number of hydrogen-bond acceptors (Lipinski definition) is 4. The quantitative estimate of drug-likeness (QED) is 0.739. The molecule has 0 aromatic carbocycles. The Morgan fingerprint density at radius 2 is 2.29 bits per heavy atom. The van der Waals surface area contributed by atoms with E-state index >= 15 is 0 Å². The maximum absolute atomic E-state index is 9.99. The van der Waals surface area contributed by atoms with E-state index in [0.29, 0.717) is 5.69 Å². The SMILES string of the molecule is Cn1cc(C(O)C2CCOCC2)nn1. The molecular weight excluding hydrogens is 182 g/mol. The Hall–Kier alpha value is -0.940. The molecule has 5 nitrogen and oxygen atoms in total. The molecule has 0 saturated carbocycles. The van der Waals surface area contributed by atoms with Crippen LogP contribution in [-0.4, -0.2) is 33.3 Å². The first kappa shape index (κ1) is 9.61. The monoisotopic (exact) mass is 197 g/mol. The van der Waals surface area contributed by atoms with Crippen molar-refractivity contribution < 1.29 is 9.84 Å². The molecule has 0 radical (unpaired) electrons. The van der Waals surface area contributed by atoms with Crippen molar-refractivity contribution in [3.8, 4) is 0 Å². The second-order valence-corrected chi connectivity index (χ2v) is 3.71. The van der Waals surface area contributed by atoms with Crippen molar-refractivity contribution in [3.05, 3.63) is 11.9 Å². The van der Waals surface area contributed by atoms with E-state index < -0.39 is 6.10 Å². The van der Waals surface area contributed by atoms with Crippen LogP contribution < -0.4 is 0 Å². The van der Waals surface area contributed by atoms with Gasteiger partial charge in [0.25, 0.3) is 0 Å². The number of ether oxygens (including phenoxy) is 1. The average Bonchev–Trinajstić information content (AvgIpc) is 2.65. The molecule has 2 rings (SSSR count). The fourth-order valence-electron chi connectivity index (χ4n) is 1.77. The van der Waals surface area contributed by atoms with Crippen LogP contribution in [0.2, 0.25) is 0 Å². The number of hydrogen-bond donors (Lipinski definition) is 1. The lowest BCUT2D eigenvalue weighted by molar-refractivity contribution is 0.00553. The predicted octanol–water partition coefficient (Wildman–Crippen LogP) is 0.275. The van der Waals surface area contributed by atoms with Crippen LogP contribution in [0.4, 0.5) is 0 Å². The molecule has 1 aliphatic heterocycles. The van der Waals surface area contributed by atoms with Crippen LogP contribution in [0.3, 0.4) is 0 Å². The molecule has 0 aliphatic carbocycles. The summed E-state index contributed by atoms with van der Waals surface area (Å²) in [5.41, 5.74) is 0.666. The van der Waals surface area contributed by atoms with Gasteiger partial charge in [-0.2, -0.15) is 0 Å². The number of aliphatic hydroxyl groups excluding tert-OH is 1. The first-order valence-corrected chi connectivity index (χ1v) is 4.89. The van der Waals surface area contributed by atoms with Crippen LogP contribution in [0.1, 0.15) is 24.6 Å². The topological polar surface area (TPSA) is 60.2 Å². The highest BCUT2D eigenvalue weighted by Crippen LogP contribution is 2.28. The van der Waals surface area contributed by atoms with E-state index in [9.17, 15) is 5.11 Å². The lowest BCUT2D eigenvalue weighted by Gasteiger charge is -2.25. The van der Waals surface area contributed by atoms with Gasteiger partial charge in [0, 0.05) is 20.3 Å². The maximum Gasteiger partial charge on any atom is 0.111 e. The second-order valence-electron chi connectivity index (χ2n) is 3.71. The normalized spacial score (nSPS) is 21.0. The summed E-state index contributed by atoms with van der Waals surface area (Å²) in [5, 5.41) is 17.7.